The van der Waals surface area contributed by atoms with E-state index in [1.54, 1.807) is 7.05 Å². The summed E-state index contributed by atoms with van der Waals surface area (Å²) < 4.78 is 2.47. The molecule has 1 aromatic heterocycles. The molecule has 3 heterocycles. The first kappa shape index (κ1) is 22.8. The summed E-state index contributed by atoms with van der Waals surface area (Å²) in [4.78, 5) is 46.8. The van der Waals surface area contributed by atoms with Crippen molar-refractivity contribution in [2.45, 2.75) is 34.1 Å². The number of fused-ring (bicyclic) bond motifs is 3. The number of aliphatic imine (C=N–C) groups is 1. The molecule has 7 heteroatoms. The molecule has 0 bridgehead atoms. The Labute approximate surface area is 203 Å². The summed E-state index contributed by atoms with van der Waals surface area (Å²) in [6.07, 6.45) is 0.483. The minimum Gasteiger partial charge on any atom is -0.324 e. The molecule has 2 aliphatic heterocycles. The SMILES string of the molecule is Cc1cc(C)cc(C(=O)C2=C3c4c(n(C)c(=O)n(C)c4=O)N=C(c4cc(C)cc(C)c4)N3CC2)c1. The molecule has 0 aliphatic carbocycles. The Morgan fingerprint density at radius 3 is 2.00 bits per heavy atom. The molecule has 5 rings (SSSR count). The summed E-state index contributed by atoms with van der Waals surface area (Å²) in [5.74, 6) is 0.828. The van der Waals surface area contributed by atoms with E-state index in [9.17, 15) is 14.4 Å². The number of amidine groups is 1. The lowest BCUT2D eigenvalue weighted by Gasteiger charge is -2.30. The normalized spacial score (nSPS) is 14.7. The zero-order valence-corrected chi connectivity index (χ0v) is 20.9. The number of benzene rings is 2. The second kappa shape index (κ2) is 8.05. The van der Waals surface area contributed by atoms with E-state index in [0.717, 1.165) is 32.4 Å². The highest BCUT2D eigenvalue weighted by Crippen LogP contribution is 2.40. The Kier molecular flexibility index (Phi) is 5.24. The van der Waals surface area contributed by atoms with Gasteiger partial charge in [-0.15, -0.1) is 0 Å². The molecule has 7 nitrogen and oxygen atoms in total. The lowest BCUT2D eigenvalue weighted by atomic mass is 9.95. The Morgan fingerprint density at radius 2 is 1.40 bits per heavy atom. The summed E-state index contributed by atoms with van der Waals surface area (Å²) in [7, 11) is 3.07. The van der Waals surface area contributed by atoms with Gasteiger partial charge in [0.25, 0.3) is 5.56 Å². The first-order valence-electron chi connectivity index (χ1n) is 11.7. The van der Waals surface area contributed by atoms with Crippen molar-refractivity contribution in [3.05, 3.63) is 102 Å². The fraction of sp³-hybridized carbons (Fsp3) is 0.286. The third kappa shape index (κ3) is 3.58. The van der Waals surface area contributed by atoms with Crippen LogP contribution in [0.3, 0.4) is 0 Å². The zero-order chi connectivity index (χ0) is 25.2. The van der Waals surface area contributed by atoms with E-state index in [1.165, 1.54) is 11.6 Å². The van der Waals surface area contributed by atoms with Crippen molar-refractivity contribution in [2.24, 2.45) is 19.1 Å². The average molecular weight is 469 g/mol. The van der Waals surface area contributed by atoms with Crippen LogP contribution in [-0.2, 0) is 14.1 Å². The summed E-state index contributed by atoms with van der Waals surface area (Å²) in [5.41, 5.74) is 6.21. The number of rotatable bonds is 3. The molecule has 0 N–H and O–H groups in total. The highest BCUT2D eigenvalue weighted by Gasteiger charge is 2.39. The molecule has 2 aromatic carbocycles. The van der Waals surface area contributed by atoms with E-state index in [1.807, 2.05) is 62.9 Å². The zero-order valence-electron chi connectivity index (χ0n) is 20.9. The van der Waals surface area contributed by atoms with Gasteiger partial charge in [-0.05, 0) is 58.4 Å². The van der Waals surface area contributed by atoms with Crippen LogP contribution in [0.2, 0.25) is 0 Å². The number of hydrogen-bond acceptors (Lipinski definition) is 5. The monoisotopic (exact) mass is 468 g/mol. The topological polar surface area (TPSA) is 76.7 Å². The van der Waals surface area contributed by atoms with Gasteiger partial charge >= 0.3 is 5.69 Å². The number of aryl methyl sites for hydroxylation is 4. The fourth-order valence-electron chi connectivity index (χ4n) is 5.27. The summed E-state index contributed by atoms with van der Waals surface area (Å²) >= 11 is 0. The molecule has 0 saturated carbocycles. The largest absolute Gasteiger partial charge is 0.332 e. The molecule has 35 heavy (non-hydrogen) atoms. The van der Waals surface area contributed by atoms with Gasteiger partial charge in [-0.3, -0.25) is 18.7 Å². The van der Waals surface area contributed by atoms with Gasteiger partial charge < -0.3 is 4.90 Å². The minimum atomic E-state index is -0.452. The maximum Gasteiger partial charge on any atom is 0.332 e. The Morgan fingerprint density at radius 1 is 0.829 bits per heavy atom. The first-order valence-corrected chi connectivity index (χ1v) is 11.7. The van der Waals surface area contributed by atoms with E-state index in [4.69, 9.17) is 4.99 Å². The van der Waals surface area contributed by atoms with Crippen molar-refractivity contribution in [2.75, 3.05) is 6.54 Å². The molecule has 0 fully saturated rings. The van der Waals surface area contributed by atoms with Gasteiger partial charge in [0.15, 0.2) is 11.6 Å². The molecule has 0 saturated heterocycles. The summed E-state index contributed by atoms with van der Waals surface area (Å²) in [6.45, 7) is 8.51. The second-order valence-corrected chi connectivity index (χ2v) is 9.65. The number of hydrogen-bond donors (Lipinski definition) is 0. The molecule has 178 valence electrons. The van der Waals surface area contributed by atoms with Gasteiger partial charge in [-0.1, -0.05) is 34.4 Å². The highest BCUT2D eigenvalue weighted by atomic mass is 16.2. The lowest BCUT2D eigenvalue weighted by Crippen LogP contribution is -2.42. The maximum absolute atomic E-state index is 13.8. The van der Waals surface area contributed by atoms with E-state index < -0.39 is 11.2 Å². The van der Waals surface area contributed by atoms with Gasteiger partial charge in [-0.2, -0.15) is 0 Å². The fourth-order valence-corrected chi connectivity index (χ4v) is 5.27. The first-order chi connectivity index (χ1) is 16.6. The van der Waals surface area contributed by atoms with Crippen LogP contribution in [0.15, 0.2) is 56.6 Å². The van der Waals surface area contributed by atoms with Gasteiger partial charge in [0, 0.05) is 37.3 Å². The van der Waals surface area contributed by atoms with Gasteiger partial charge in [0.1, 0.15) is 11.4 Å². The number of ketones is 1. The van der Waals surface area contributed by atoms with Crippen molar-refractivity contribution in [1.82, 2.24) is 14.0 Å². The van der Waals surface area contributed by atoms with E-state index in [-0.39, 0.29) is 11.6 Å². The quantitative estimate of drug-likeness (QED) is 0.549. The smallest absolute Gasteiger partial charge is 0.324 e. The molecule has 0 spiro atoms. The molecule has 2 aliphatic rings. The number of carbonyl (C=O) groups excluding carboxylic acids is 1. The van der Waals surface area contributed by atoms with Crippen molar-refractivity contribution in [3.63, 3.8) is 0 Å². The van der Waals surface area contributed by atoms with Crippen LogP contribution in [0, 0.1) is 27.7 Å². The molecule has 3 aromatic rings. The van der Waals surface area contributed by atoms with Gasteiger partial charge in [0.05, 0.1) is 5.70 Å². The summed E-state index contributed by atoms with van der Waals surface area (Å²) in [5, 5.41) is 0. The average Bonchev–Trinajstić information content (AvgIpc) is 3.23. The Bertz CT molecular complexity index is 1580. The predicted molar refractivity (Wildman–Crippen MR) is 138 cm³/mol. The summed E-state index contributed by atoms with van der Waals surface area (Å²) in [6, 6.07) is 12.0. The van der Waals surface area contributed by atoms with Gasteiger partial charge in [0.2, 0.25) is 0 Å². The molecule has 0 unspecified atom stereocenters. The molecular weight excluding hydrogens is 440 g/mol. The van der Waals surface area contributed by atoms with Crippen LogP contribution in [0.5, 0.6) is 0 Å². The number of nitrogens with zero attached hydrogens (tertiary/aromatic N) is 4. The van der Waals surface area contributed by atoms with Crippen molar-refractivity contribution in [1.29, 1.82) is 0 Å². The second-order valence-electron chi connectivity index (χ2n) is 9.65. The number of aromatic nitrogens is 2. The van der Waals surface area contributed by atoms with E-state index >= 15 is 0 Å². The van der Waals surface area contributed by atoms with Crippen LogP contribution in [-0.4, -0.2) is 32.2 Å². The van der Waals surface area contributed by atoms with E-state index in [0.29, 0.717) is 41.2 Å². The number of Topliss-reactive ketones (excluding diaryl/α,β-unsaturated/α-hetero) is 1. The van der Waals surface area contributed by atoms with Crippen LogP contribution >= 0.6 is 0 Å². The standard InChI is InChI=1S/C28H28N4O3/c1-15-9-16(2)12-19(11-15)24(33)21-7-8-32-23(21)22-26(30(5)28(35)31(6)27(22)34)29-25(32)20-13-17(3)10-18(4)14-20/h9-14H,7-8H2,1-6H3. The third-order valence-electron chi connectivity index (χ3n) is 6.72. The number of carbonyl (C=O) groups is 1. The predicted octanol–water partition coefficient (Wildman–Crippen LogP) is 3.71. The lowest BCUT2D eigenvalue weighted by molar-refractivity contribution is 0.103. The van der Waals surface area contributed by atoms with Crippen LogP contribution in [0.25, 0.3) is 5.70 Å². The van der Waals surface area contributed by atoms with E-state index in [2.05, 4.69) is 6.07 Å². The minimum absolute atomic E-state index is 0.0992. The van der Waals surface area contributed by atoms with Crippen molar-refractivity contribution < 1.29 is 4.79 Å². The van der Waals surface area contributed by atoms with Gasteiger partial charge in [-0.25, -0.2) is 9.79 Å². The van der Waals surface area contributed by atoms with Crippen molar-refractivity contribution in [3.8, 4) is 0 Å². The highest BCUT2D eigenvalue weighted by molar-refractivity contribution is 6.18. The third-order valence-corrected chi connectivity index (χ3v) is 6.72. The molecule has 0 radical (unpaired) electrons. The van der Waals surface area contributed by atoms with Crippen LogP contribution in [0.1, 0.15) is 50.2 Å². The Balaban J connectivity index is 1.83. The van der Waals surface area contributed by atoms with Crippen LogP contribution in [0.4, 0.5) is 5.82 Å². The van der Waals surface area contributed by atoms with Crippen molar-refractivity contribution >= 4 is 23.1 Å². The Hall–Kier alpha value is -4.00. The van der Waals surface area contributed by atoms with Crippen LogP contribution < -0.4 is 11.2 Å². The molecule has 0 amide bonds. The molecule has 0 atom stereocenters. The molecular formula is C28H28N4O3. The maximum atomic E-state index is 13.8.